The summed E-state index contributed by atoms with van der Waals surface area (Å²) in [4.78, 5) is 25.3. The Morgan fingerprint density at radius 3 is 2.21 bits per heavy atom. The van der Waals surface area contributed by atoms with Crippen molar-refractivity contribution in [2.75, 3.05) is 7.11 Å². The van der Waals surface area contributed by atoms with E-state index in [4.69, 9.17) is 16.3 Å². The Labute approximate surface area is 141 Å². The van der Waals surface area contributed by atoms with Crippen LogP contribution < -0.4 is 5.56 Å². The molecule has 0 saturated carbocycles. The first kappa shape index (κ1) is 14.8. The maximum Gasteiger partial charge on any atom is 0.340 e. The number of para-hydroxylation sites is 2. The van der Waals surface area contributed by atoms with E-state index in [-0.39, 0.29) is 11.4 Å². The van der Waals surface area contributed by atoms with Gasteiger partial charge in [0.05, 0.1) is 40.7 Å². The van der Waals surface area contributed by atoms with Crippen molar-refractivity contribution in [2.24, 2.45) is 0 Å². The molecule has 2 aromatic carbocycles. The highest BCUT2D eigenvalue weighted by molar-refractivity contribution is 6.18. The lowest BCUT2D eigenvalue weighted by atomic mass is 10.1. The molecule has 0 atom stereocenters. The van der Waals surface area contributed by atoms with Crippen molar-refractivity contribution in [3.8, 4) is 0 Å². The monoisotopic (exact) mass is 340 g/mol. The van der Waals surface area contributed by atoms with Crippen LogP contribution in [0.3, 0.4) is 0 Å². The van der Waals surface area contributed by atoms with Gasteiger partial charge in [0, 0.05) is 5.39 Å². The molecule has 0 amide bonds. The van der Waals surface area contributed by atoms with Crippen molar-refractivity contribution in [1.82, 2.24) is 9.03 Å². The highest BCUT2D eigenvalue weighted by atomic mass is 35.5. The van der Waals surface area contributed by atoms with E-state index in [1.165, 1.54) is 7.11 Å². The predicted octanol–water partition coefficient (Wildman–Crippen LogP) is 3.23. The minimum Gasteiger partial charge on any atom is -0.465 e. The number of hydrogen-bond acceptors (Lipinski definition) is 3. The van der Waals surface area contributed by atoms with E-state index in [1.807, 2.05) is 30.3 Å². The normalized spacial score (nSPS) is 11.4. The van der Waals surface area contributed by atoms with E-state index in [2.05, 4.69) is 0 Å². The van der Waals surface area contributed by atoms with Crippen LogP contribution in [-0.4, -0.2) is 22.1 Å². The standard InChI is InChI=1S/C18H13ClN2O3/c1-24-18(23)16-11-6-2-4-8-13(11)21-17(22)12-7-3-5-9-14(12)20(21)15(16)10-19/h2-9H,10H2,1H3. The number of hydrogen-bond donors (Lipinski definition) is 0. The third-order valence-electron chi connectivity index (χ3n) is 4.22. The van der Waals surface area contributed by atoms with Crippen LogP contribution in [0.15, 0.2) is 53.3 Å². The minimum absolute atomic E-state index is 0.0664. The van der Waals surface area contributed by atoms with E-state index in [1.54, 1.807) is 27.2 Å². The van der Waals surface area contributed by atoms with E-state index in [0.717, 1.165) is 0 Å². The molecule has 0 saturated heterocycles. The summed E-state index contributed by atoms with van der Waals surface area (Å²) >= 11 is 6.18. The summed E-state index contributed by atoms with van der Waals surface area (Å²) in [6.07, 6.45) is 0. The van der Waals surface area contributed by atoms with Gasteiger partial charge in [-0.15, -0.1) is 11.6 Å². The first-order valence-corrected chi connectivity index (χ1v) is 7.93. The molecule has 0 aliphatic carbocycles. The molecule has 0 bridgehead atoms. The van der Waals surface area contributed by atoms with Gasteiger partial charge in [0.1, 0.15) is 0 Å². The highest BCUT2D eigenvalue weighted by Crippen LogP contribution is 2.26. The summed E-state index contributed by atoms with van der Waals surface area (Å²) in [5.41, 5.74) is 2.09. The van der Waals surface area contributed by atoms with Gasteiger partial charge in [0.2, 0.25) is 0 Å². The van der Waals surface area contributed by atoms with Crippen molar-refractivity contribution < 1.29 is 9.53 Å². The summed E-state index contributed by atoms with van der Waals surface area (Å²) in [6, 6.07) is 14.5. The topological polar surface area (TPSA) is 52.2 Å². The van der Waals surface area contributed by atoms with Crippen molar-refractivity contribution in [2.45, 2.75) is 5.88 Å². The van der Waals surface area contributed by atoms with E-state index in [9.17, 15) is 9.59 Å². The molecule has 0 aliphatic heterocycles. The number of methoxy groups -OCH3 is 1. The molecule has 2 heterocycles. The first-order chi connectivity index (χ1) is 11.7. The Balaban J connectivity index is 2.42. The molecule has 120 valence electrons. The van der Waals surface area contributed by atoms with Crippen molar-refractivity contribution in [3.63, 3.8) is 0 Å². The molecule has 24 heavy (non-hydrogen) atoms. The second-order valence-electron chi connectivity index (χ2n) is 5.41. The van der Waals surface area contributed by atoms with Gasteiger partial charge >= 0.3 is 5.97 Å². The van der Waals surface area contributed by atoms with Gasteiger partial charge in [-0.2, -0.15) is 0 Å². The lowest BCUT2D eigenvalue weighted by molar-refractivity contribution is 0.0601. The summed E-state index contributed by atoms with van der Waals surface area (Å²) in [5.74, 6) is -0.411. The van der Waals surface area contributed by atoms with Crippen LogP contribution in [0.25, 0.3) is 21.8 Å². The van der Waals surface area contributed by atoms with Gasteiger partial charge in [0.15, 0.2) is 0 Å². The average molecular weight is 341 g/mol. The molecule has 0 spiro atoms. The Bertz CT molecular complexity index is 1170. The van der Waals surface area contributed by atoms with E-state index >= 15 is 0 Å². The van der Waals surface area contributed by atoms with Crippen LogP contribution in [0, 0.1) is 0 Å². The predicted molar refractivity (Wildman–Crippen MR) is 93.0 cm³/mol. The van der Waals surface area contributed by atoms with Crippen LogP contribution in [0.2, 0.25) is 0 Å². The molecule has 5 nitrogen and oxygen atoms in total. The van der Waals surface area contributed by atoms with Gasteiger partial charge < -0.3 is 4.74 Å². The maximum absolute atomic E-state index is 12.9. The minimum atomic E-state index is -0.477. The molecule has 4 aromatic rings. The quantitative estimate of drug-likeness (QED) is 0.416. The number of benzene rings is 2. The Morgan fingerprint density at radius 1 is 1.00 bits per heavy atom. The molecular formula is C18H13ClN2O3. The third-order valence-corrected chi connectivity index (χ3v) is 4.47. The highest BCUT2D eigenvalue weighted by Gasteiger charge is 2.23. The fourth-order valence-electron chi connectivity index (χ4n) is 3.22. The second kappa shape index (κ2) is 5.39. The lowest BCUT2D eigenvalue weighted by Crippen LogP contribution is -2.19. The van der Waals surface area contributed by atoms with Crippen LogP contribution in [0.5, 0.6) is 0 Å². The summed E-state index contributed by atoms with van der Waals surface area (Å²) in [7, 11) is 1.33. The molecule has 0 aliphatic rings. The van der Waals surface area contributed by atoms with Gasteiger partial charge in [-0.1, -0.05) is 30.3 Å². The van der Waals surface area contributed by atoms with Crippen molar-refractivity contribution in [3.05, 3.63) is 70.1 Å². The summed E-state index contributed by atoms with van der Waals surface area (Å²) in [5, 5.41) is 1.21. The lowest BCUT2D eigenvalue weighted by Gasteiger charge is -2.14. The average Bonchev–Trinajstić information content (AvgIpc) is 2.93. The number of ether oxygens (including phenoxy) is 1. The van der Waals surface area contributed by atoms with Gasteiger partial charge in [0.25, 0.3) is 5.56 Å². The fourth-order valence-corrected chi connectivity index (χ4v) is 3.47. The zero-order chi connectivity index (χ0) is 16.8. The molecule has 6 heteroatoms. The molecular weight excluding hydrogens is 328 g/mol. The van der Waals surface area contributed by atoms with Crippen LogP contribution in [0.1, 0.15) is 16.1 Å². The van der Waals surface area contributed by atoms with Gasteiger partial charge in [-0.05, 0) is 18.2 Å². The number of alkyl halides is 1. The Morgan fingerprint density at radius 2 is 1.58 bits per heavy atom. The zero-order valence-electron chi connectivity index (χ0n) is 12.8. The molecule has 0 N–H and O–H groups in total. The number of carbonyl (C=O) groups excluding carboxylic acids is 1. The number of fused-ring (bicyclic) bond motifs is 5. The second-order valence-corrected chi connectivity index (χ2v) is 5.68. The van der Waals surface area contributed by atoms with Crippen LogP contribution in [-0.2, 0) is 10.6 Å². The number of halogens is 1. The zero-order valence-corrected chi connectivity index (χ0v) is 13.6. The van der Waals surface area contributed by atoms with Gasteiger partial charge in [-0.3, -0.25) is 4.79 Å². The number of esters is 1. The van der Waals surface area contributed by atoms with Gasteiger partial charge in [-0.25, -0.2) is 13.8 Å². The molecule has 4 rings (SSSR count). The SMILES string of the molecule is COC(=O)c1c(CCl)n2c3ccccc3c(=O)n2c2ccccc12. The Hall–Kier alpha value is -2.79. The Kier molecular flexibility index (Phi) is 3.32. The summed E-state index contributed by atoms with van der Waals surface area (Å²) in [6.45, 7) is 0. The molecule has 0 radical (unpaired) electrons. The number of aromatic nitrogens is 2. The molecule has 0 unspecified atom stereocenters. The summed E-state index contributed by atoms with van der Waals surface area (Å²) < 4.78 is 8.22. The van der Waals surface area contributed by atoms with Crippen molar-refractivity contribution in [1.29, 1.82) is 0 Å². The smallest absolute Gasteiger partial charge is 0.340 e. The molecule has 0 fully saturated rings. The van der Waals surface area contributed by atoms with E-state index < -0.39 is 5.97 Å². The fraction of sp³-hybridized carbons (Fsp3) is 0.111. The maximum atomic E-state index is 12.9. The van der Waals surface area contributed by atoms with Crippen LogP contribution in [0.4, 0.5) is 0 Å². The first-order valence-electron chi connectivity index (χ1n) is 7.39. The number of carbonyl (C=O) groups is 1. The number of nitrogens with zero attached hydrogens (tertiary/aromatic N) is 2. The molecule has 2 aromatic heterocycles. The number of rotatable bonds is 2. The van der Waals surface area contributed by atoms with Crippen molar-refractivity contribution >= 4 is 39.4 Å². The third kappa shape index (κ3) is 1.82. The largest absolute Gasteiger partial charge is 0.465 e. The van der Waals surface area contributed by atoms with Crippen LogP contribution >= 0.6 is 11.6 Å². The van der Waals surface area contributed by atoms with E-state index in [0.29, 0.717) is 33.1 Å².